The molecule has 1 N–H and O–H groups in total. The highest BCUT2D eigenvalue weighted by atomic mass is 32.2. The summed E-state index contributed by atoms with van der Waals surface area (Å²) in [5.74, 6) is 7.88. The zero-order valence-electron chi connectivity index (χ0n) is 20.0. The molecule has 6 nitrogen and oxygen atoms in total. The van der Waals surface area contributed by atoms with E-state index < -0.39 is 16.1 Å². The van der Waals surface area contributed by atoms with E-state index in [9.17, 15) is 13.5 Å². The van der Waals surface area contributed by atoms with E-state index in [1.165, 1.54) is 17.1 Å². The van der Waals surface area contributed by atoms with Crippen molar-refractivity contribution in [3.63, 3.8) is 0 Å². The van der Waals surface area contributed by atoms with Crippen molar-refractivity contribution in [1.82, 2.24) is 9.21 Å². The normalized spacial score (nSPS) is 24.1. The van der Waals surface area contributed by atoms with Crippen molar-refractivity contribution in [1.29, 1.82) is 0 Å². The minimum Gasteiger partial charge on any atom is -0.487 e. The first-order chi connectivity index (χ1) is 15.1. The van der Waals surface area contributed by atoms with Gasteiger partial charge in [0.1, 0.15) is 16.7 Å². The Morgan fingerprint density at radius 1 is 1.25 bits per heavy atom. The van der Waals surface area contributed by atoms with Crippen molar-refractivity contribution in [3.05, 3.63) is 23.8 Å². The Kier molecular flexibility index (Phi) is 8.26. The van der Waals surface area contributed by atoms with E-state index in [2.05, 4.69) is 37.6 Å². The van der Waals surface area contributed by atoms with Crippen LogP contribution in [0.3, 0.4) is 0 Å². The average molecular weight is 463 g/mol. The van der Waals surface area contributed by atoms with E-state index in [1.807, 2.05) is 6.92 Å². The lowest BCUT2D eigenvalue weighted by Crippen LogP contribution is -2.49. The lowest BCUT2D eigenvalue weighted by Gasteiger charge is -2.37. The number of aliphatic hydroxyl groups is 1. The molecule has 0 saturated heterocycles. The molecule has 178 valence electrons. The van der Waals surface area contributed by atoms with Gasteiger partial charge in [0.25, 0.3) is 0 Å². The van der Waals surface area contributed by atoms with Crippen LogP contribution >= 0.6 is 0 Å². The summed E-state index contributed by atoms with van der Waals surface area (Å²) >= 11 is 0. The van der Waals surface area contributed by atoms with Gasteiger partial charge in [-0.3, -0.25) is 0 Å². The Morgan fingerprint density at radius 2 is 1.97 bits per heavy atom. The van der Waals surface area contributed by atoms with E-state index in [4.69, 9.17) is 4.74 Å². The van der Waals surface area contributed by atoms with Gasteiger partial charge in [-0.25, -0.2) is 8.42 Å². The van der Waals surface area contributed by atoms with Gasteiger partial charge in [0.15, 0.2) is 0 Å². The summed E-state index contributed by atoms with van der Waals surface area (Å²) in [6.45, 7) is 9.84. The third-order valence-corrected chi connectivity index (χ3v) is 8.19. The van der Waals surface area contributed by atoms with E-state index in [0.717, 1.165) is 31.0 Å². The summed E-state index contributed by atoms with van der Waals surface area (Å²) in [6, 6.07) is 4.59. The first kappa shape index (κ1) is 25.0. The molecular formula is C25H38N2O4S. The summed E-state index contributed by atoms with van der Waals surface area (Å²) in [5, 5.41) is 9.76. The number of nitrogens with zero attached hydrogens (tertiary/aromatic N) is 2. The smallest absolute Gasteiger partial charge is 0.247 e. The monoisotopic (exact) mass is 462 g/mol. The van der Waals surface area contributed by atoms with Gasteiger partial charge in [-0.05, 0) is 56.8 Å². The second-order valence-electron chi connectivity index (χ2n) is 9.97. The van der Waals surface area contributed by atoms with Crippen molar-refractivity contribution in [2.75, 3.05) is 33.3 Å². The van der Waals surface area contributed by atoms with Crippen LogP contribution in [-0.4, -0.2) is 68.2 Å². The maximum absolute atomic E-state index is 13.5. The van der Waals surface area contributed by atoms with Crippen LogP contribution < -0.4 is 4.74 Å². The first-order valence-corrected chi connectivity index (χ1v) is 13.2. The van der Waals surface area contributed by atoms with Crippen LogP contribution in [0.5, 0.6) is 5.75 Å². The standard InChI is InChI=1S/C25H38N2O4S/c1-18(2)7-6-8-21-11-12-25-23(13-21)31-24(16-26(5)15-22-9-10-22)19(3)14-27(20(4)17-28)32(25,29)30/h11-13,18-20,22,24,28H,7,9-10,14-17H2,1-5H3/t19-,20+,24-/m1/s1. The number of aliphatic hydroxyl groups excluding tert-OH is 1. The Hall–Kier alpha value is -1.59. The first-order valence-electron chi connectivity index (χ1n) is 11.7. The van der Waals surface area contributed by atoms with Crippen LogP contribution in [-0.2, 0) is 10.0 Å². The van der Waals surface area contributed by atoms with Crippen molar-refractivity contribution >= 4 is 10.0 Å². The number of hydrogen-bond acceptors (Lipinski definition) is 5. The quantitative estimate of drug-likeness (QED) is 0.630. The summed E-state index contributed by atoms with van der Waals surface area (Å²) in [5.41, 5.74) is 0.750. The Morgan fingerprint density at radius 3 is 2.59 bits per heavy atom. The van der Waals surface area contributed by atoms with Gasteiger partial charge in [-0.2, -0.15) is 4.31 Å². The molecule has 0 spiro atoms. The zero-order valence-corrected chi connectivity index (χ0v) is 20.9. The lowest BCUT2D eigenvalue weighted by molar-refractivity contribution is 0.0740. The Balaban J connectivity index is 1.98. The van der Waals surface area contributed by atoms with Gasteiger partial charge in [-0.15, -0.1) is 0 Å². The van der Waals surface area contributed by atoms with Crippen LogP contribution in [0.1, 0.15) is 52.5 Å². The number of sulfonamides is 1. The van der Waals surface area contributed by atoms with Gasteiger partial charge in [0.05, 0.1) is 6.61 Å². The van der Waals surface area contributed by atoms with Gasteiger partial charge in [0, 0.05) is 43.6 Å². The molecule has 1 fully saturated rings. The summed E-state index contributed by atoms with van der Waals surface area (Å²) in [7, 11) is -1.71. The average Bonchev–Trinajstić information content (AvgIpc) is 3.53. The molecule has 2 aliphatic rings. The number of hydrogen-bond donors (Lipinski definition) is 1. The highest BCUT2D eigenvalue weighted by molar-refractivity contribution is 7.89. The van der Waals surface area contributed by atoms with Crippen LogP contribution in [0.2, 0.25) is 0 Å². The molecule has 0 bridgehead atoms. The highest BCUT2D eigenvalue weighted by Crippen LogP contribution is 2.35. The van der Waals surface area contributed by atoms with E-state index >= 15 is 0 Å². The van der Waals surface area contributed by atoms with Crippen molar-refractivity contribution < 1.29 is 18.3 Å². The summed E-state index contributed by atoms with van der Waals surface area (Å²) < 4.78 is 34.9. The number of fused-ring (bicyclic) bond motifs is 1. The largest absolute Gasteiger partial charge is 0.487 e. The molecule has 1 aromatic rings. The number of rotatable bonds is 7. The van der Waals surface area contributed by atoms with Crippen molar-refractivity contribution in [3.8, 4) is 17.6 Å². The second-order valence-corrected chi connectivity index (χ2v) is 11.8. The highest BCUT2D eigenvalue weighted by Gasteiger charge is 2.38. The SMILES string of the molecule is CC(C)CC#Cc1ccc2c(c1)O[C@H](CN(C)CC1CC1)[C@H](C)CN([C@@H](C)CO)S2(=O)=O. The van der Waals surface area contributed by atoms with Crippen LogP contribution in [0.4, 0.5) is 0 Å². The topological polar surface area (TPSA) is 70.1 Å². The van der Waals surface area contributed by atoms with E-state index in [-0.39, 0.29) is 23.5 Å². The fourth-order valence-corrected chi connectivity index (χ4v) is 5.83. The molecule has 3 rings (SSSR count). The predicted octanol–water partition coefficient (Wildman–Crippen LogP) is 3.19. The molecule has 1 saturated carbocycles. The second kappa shape index (κ2) is 10.6. The van der Waals surface area contributed by atoms with Crippen molar-refractivity contribution in [2.45, 2.75) is 64.0 Å². The number of likely N-dealkylation sites (N-methyl/N-ethyl adjacent to an activating group) is 1. The molecule has 32 heavy (non-hydrogen) atoms. The molecule has 0 unspecified atom stereocenters. The number of ether oxygens (including phenoxy) is 1. The van der Waals surface area contributed by atoms with Gasteiger partial charge >= 0.3 is 0 Å². The zero-order chi connectivity index (χ0) is 23.5. The molecule has 3 atom stereocenters. The molecule has 7 heteroatoms. The van der Waals surface area contributed by atoms with Gasteiger partial charge in [0.2, 0.25) is 10.0 Å². The van der Waals surface area contributed by atoms with Crippen LogP contribution in [0.25, 0.3) is 0 Å². The molecule has 0 amide bonds. The molecule has 1 heterocycles. The van der Waals surface area contributed by atoms with E-state index in [1.54, 1.807) is 25.1 Å². The molecular weight excluding hydrogens is 424 g/mol. The van der Waals surface area contributed by atoms with Gasteiger partial charge in [-0.1, -0.05) is 32.6 Å². The van der Waals surface area contributed by atoms with Crippen molar-refractivity contribution in [2.24, 2.45) is 17.8 Å². The molecule has 1 aliphatic heterocycles. The molecule has 1 aliphatic carbocycles. The van der Waals surface area contributed by atoms with Crippen LogP contribution in [0, 0.1) is 29.6 Å². The lowest BCUT2D eigenvalue weighted by atomic mass is 10.0. The Labute approximate surface area is 194 Å². The predicted molar refractivity (Wildman–Crippen MR) is 127 cm³/mol. The Bertz CT molecular complexity index is 946. The molecule has 0 aromatic heterocycles. The summed E-state index contributed by atoms with van der Waals surface area (Å²) in [4.78, 5) is 2.44. The summed E-state index contributed by atoms with van der Waals surface area (Å²) in [6.07, 6.45) is 3.18. The molecule has 0 radical (unpaired) electrons. The molecule has 1 aromatic carbocycles. The minimum atomic E-state index is -3.81. The number of benzene rings is 1. The fraction of sp³-hybridized carbons (Fsp3) is 0.680. The maximum Gasteiger partial charge on any atom is 0.247 e. The fourth-order valence-electron chi connectivity index (χ4n) is 4.00. The van der Waals surface area contributed by atoms with E-state index in [0.29, 0.717) is 18.2 Å². The maximum atomic E-state index is 13.5. The third kappa shape index (κ3) is 6.26. The van der Waals surface area contributed by atoms with Gasteiger partial charge < -0.3 is 14.7 Å². The van der Waals surface area contributed by atoms with Crippen LogP contribution in [0.15, 0.2) is 23.1 Å². The third-order valence-electron chi connectivity index (χ3n) is 6.17. The minimum absolute atomic E-state index is 0.0377.